The van der Waals surface area contributed by atoms with Gasteiger partial charge in [-0.1, -0.05) is 59.6 Å². The lowest BCUT2D eigenvalue weighted by Gasteiger charge is -2.27. The van der Waals surface area contributed by atoms with Gasteiger partial charge in [0.1, 0.15) is 0 Å². The third kappa shape index (κ3) is 4.35. The number of nitrogens with zero attached hydrogens (tertiary/aromatic N) is 1. The lowest BCUT2D eigenvalue weighted by atomic mass is 10.1. The molecule has 10 heteroatoms. The summed E-state index contributed by atoms with van der Waals surface area (Å²) in [4.78, 5) is 9.53. The molecule has 0 aliphatic carbocycles. The number of hydrogen-bond donors (Lipinski definition) is 1. The summed E-state index contributed by atoms with van der Waals surface area (Å²) in [7, 11) is -8.68. The van der Waals surface area contributed by atoms with Crippen LogP contribution < -0.4 is 4.47 Å². The average Bonchev–Trinajstić information content (AvgIpc) is 2.58. The quantitative estimate of drug-likeness (QED) is 0.407. The van der Waals surface area contributed by atoms with Crippen molar-refractivity contribution in [2.75, 3.05) is 11.1 Å². The molecule has 3 rings (SSSR count). The van der Waals surface area contributed by atoms with E-state index in [-0.39, 0.29) is 20.6 Å². The van der Waals surface area contributed by atoms with Crippen molar-refractivity contribution in [3.8, 4) is 0 Å². The molecule has 28 heavy (non-hydrogen) atoms. The molecule has 0 radical (unpaired) electrons. The smallest absolute Gasteiger partial charge is 0.323 e. The predicted octanol–water partition coefficient (Wildman–Crippen LogP) is 5.40. The van der Waals surface area contributed by atoms with Crippen LogP contribution in [0.5, 0.6) is 0 Å². The summed E-state index contributed by atoms with van der Waals surface area (Å²) in [6.45, 7) is 2.58. The standard InChI is InChI=1S/C18H16Cl2NO5PS/c1-12-7-8-13-5-3-4-6-17(13)18(12)21(26-27(2,22)23)28(24,25)16-10-14(19)9-15(20)11-16/h3-11H,1-2H3,(H,22,23). The first-order chi connectivity index (χ1) is 13.0. The van der Waals surface area contributed by atoms with E-state index in [4.69, 9.17) is 27.8 Å². The summed E-state index contributed by atoms with van der Waals surface area (Å²) < 4.78 is 44.3. The molecule has 148 valence electrons. The molecule has 6 nitrogen and oxygen atoms in total. The highest BCUT2D eigenvalue weighted by atomic mass is 35.5. The summed E-state index contributed by atoms with van der Waals surface area (Å²) in [6, 6.07) is 14.3. The largest absolute Gasteiger partial charge is 0.347 e. The lowest BCUT2D eigenvalue weighted by molar-refractivity contribution is 0.278. The molecule has 3 aromatic rings. The molecule has 0 aliphatic rings. The zero-order valence-electron chi connectivity index (χ0n) is 14.8. The SMILES string of the molecule is Cc1ccc2ccccc2c1N(OP(C)(=O)O)S(=O)(=O)c1cc(Cl)cc(Cl)c1. The summed E-state index contributed by atoms with van der Waals surface area (Å²) in [5, 5.41) is 1.47. The Morgan fingerprint density at radius 3 is 2.25 bits per heavy atom. The van der Waals surface area contributed by atoms with E-state index in [9.17, 15) is 17.9 Å². The van der Waals surface area contributed by atoms with E-state index in [1.54, 1.807) is 37.3 Å². The van der Waals surface area contributed by atoms with Crippen molar-refractivity contribution in [3.63, 3.8) is 0 Å². The molecule has 1 unspecified atom stereocenters. The van der Waals surface area contributed by atoms with Gasteiger partial charge in [0.25, 0.3) is 10.0 Å². The molecule has 0 aliphatic heterocycles. The second-order valence-electron chi connectivity index (χ2n) is 6.17. The van der Waals surface area contributed by atoms with E-state index >= 15 is 0 Å². The lowest BCUT2D eigenvalue weighted by Crippen LogP contribution is -2.31. The third-order valence-corrected chi connectivity index (χ3v) is 6.40. The molecule has 0 amide bonds. The van der Waals surface area contributed by atoms with Crippen molar-refractivity contribution in [1.82, 2.24) is 0 Å². The van der Waals surface area contributed by atoms with E-state index in [0.717, 1.165) is 12.1 Å². The average molecular weight is 460 g/mol. The molecule has 0 saturated carbocycles. The van der Waals surface area contributed by atoms with Gasteiger partial charge in [-0.05, 0) is 36.1 Å². The normalized spacial score (nSPS) is 14.0. The highest BCUT2D eigenvalue weighted by molar-refractivity contribution is 7.92. The Labute approximate surface area is 172 Å². The van der Waals surface area contributed by atoms with E-state index in [2.05, 4.69) is 0 Å². The minimum atomic E-state index is -4.44. The van der Waals surface area contributed by atoms with Crippen LogP contribution in [0.2, 0.25) is 10.0 Å². The fourth-order valence-corrected chi connectivity index (χ4v) is 5.68. The predicted molar refractivity (Wildman–Crippen MR) is 112 cm³/mol. The zero-order chi connectivity index (χ0) is 20.7. The highest BCUT2D eigenvalue weighted by Gasteiger charge is 2.33. The summed E-state index contributed by atoms with van der Waals surface area (Å²) in [5.41, 5.74) is 0.661. The van der Waals surface area contributed by atoms with Gasteiger partial charge in [0.15, 0.2) is 0 Å². The van der Waals surface area contributed by atoms with Crippen LogP contribution in [0.25, 0.3) is 10.8 Å². The summed E-state index contributed by atoms with van der Waals surface area (Å²) in [5.74, 6) is 0. The van der Waals surface area contributed by atoms with Gasteiger partial charge in [-0.15, -0.1) is 4.47 Å². The summed E-state index contributed by atoms with van der Waals surface area (Å²) >= 11 is 11.9. The molecule has 3 aromatic carbocycles. The van der Waals surface area contributed by atoms with Gasteiger partial charge in [-0.3, -0.25) is 4.57 Å². The Balaban J connectivity index is 2.32. The zero-order valence-corrected chi connectivity index (χ0v) is 18.1. The minimum Gasteiger partial charge on any atom is -0.323 e. The monoisotopic (exact) mass is 459 g/mol. The van der Waals surface area contributed by atoms with Gasteiger partial charge < -0.3 is 4.89 Å². The van der Waals surface area contributed by atoms with E-state index < -0.39 is 17.6 Å². The van der Waals surface area contributed by atoms with E-state index in [1.807, 2.05) is 6.07 Å². The number of benzene rings is 3. The van der Waals surface area contributed by atoms with Crippen LogP contribution in [-0.4, -0.2) is 20.0 Å². The number of hydrogen-bond acceptors (Lipinski definition) is 4. The Hall–Kier alpha value is -1.60. The Bertz CT molecular complexity index is 1190. The molecule has 0 fully saturated rings. The van der Waals surface area contributed by atoms with E-state index in [1.165, 1.54) is 18.2 Å². The first-order valence-electron chi connectivity index (χ1n) is 7.99. The molecule has 0 aromatic heterocycles. The third-order valence-electron chi connectivity index (χ3n) is 3.86. The highest BCUT2D eigenvalue weighted by Crippen LogP contribution is 2.44. The molecule has 1 atom stereocenters. The van der Waals surface area contributed by atoms with Crippen molar-refractivity contribution < 1.29 is 22.5 Å². The molecule has 0 spiro atoms. The first-order valence-corrected chi connectivity index (χ1v) is 12.2. The topological polar surface area (TPSA) is 83.9 Å². The van der Waals surface area contributed by atoms with Gasteiger partial charge in [-0.2, -0.15) is 13.0 Å². The van der Waals surface area contributed by atoms with Crippen LogP contribution in [0.15, 0.2) is 59.5 Å². The van der Waals surface area contributed by atoms with Crippen LogP contribution in [0, 0.1) is 6.92 Å². The Kier molecular flexibility index (Phi) is 5.79. The van der Waals surface area contributed by atoms with Gasteiger partial charge in [-0.25, -0.2) is 0 Å². The van der Waals surface area contributed by atoms with Crippen LogP contribution in [0.4, 0.5) is 5.69 Å². The maximum atomic E-state index is 13.4. The second kappa shape index (κ2) is 7.67. The Morgan fingerprint density at radius 1 is 1.04 bits per heavy atom. The summed E-state index contributed by atoms with van der Waals surface area (Å²) in [6.07, 6.45) is 0. The van der Waals surface area contributed by atoms with Crippen LogP contribution in [0.3, 0.4) is 0 Å². The van der Waals surface area contributed by atoms with Crippen molar-refractivity contribution in [2.45, 2.75) is 11.8 Å². The van der Waals surface area contributed by atoms with Gasteiger partial charge in [0.2, 0.25) is 0 Å². The van der Waals surface area contributed by atoms with Crippen LogP contribution in [-0.2, 0) is 19.2 Å². The van der Waals surface area contributed by atoms with Crippen molar-refractivity contribution >= 4 is 57.3 Å². The number of rotatable bonds is 5. The number of anilines is 1. The molecule has 0 saturated heterocycles. The molecule has 1 N–H and O–H groups in total. The Morgan fingerprint density at radius 2 is 1.64 bits per heavy atom. The fraction of sp³-hybridized carbons (Fsp3) is 0.111. The van der Waals surface area contributed by atoms with Crippen LogP contribution >= 0.6 is 30.8 Å². The number of halogens is 2. The second-order valence-corrected chi connectivity index (χ2v) is 10.6. The molecule has 0 heterocycles. The van der Waals surface area contributed by atoms with Gasteiger partial charge in [0, 0.05) is 22.1 Å². The first kappa shape index (κ1) is 21.1. The van der Waals surface area contributed by atoms with Crippen molar-refractivity contribution in [1.29, 1.82) is 0 Å². The number of sulfonamides is 1. The number of fused-ring (bicyclic) bond motifs is 1. The number of aryl methyl sites for hydroxylation is 1. The molecular weight excluding hydrogens is 444 g/mol. The van der Waals surface area contributed by atoms with Crippen molar-refractivity contribution in [3.05, 3.63) is 70.2 Å². The van der Waals surface area contributed by atoms with Gasteiger partial charge in [0.05, 0.1) is 10.6 Å². The maximum Gasteiger partial charge on any atom is 0.347 e. The maximum absolute atomic E-state index is 13.4. The fourth-order valence-electron chi connectivity index (χ4n) is 2.72. The van der Waals surface area contributed by atoms with Crippen LogP contribution in [0.1, 0.15) is 5.56 Å². The minimum absolute atomic E-state index is 0.101. The van der Waals surface area contributed by atoms with Crippen molar-refractivity contribution in [2.24, 2.45) is 0 Å². The molecule has 0 bridgehead atoms. The van der Waals surface area contributed by atoms with E-state index in [0.29, 0.717) is 15.4 Å². The molecular formula is C18H16Cl2NO5PS. The van der Waals surface area contributed by atoms with Gasteiger partial charge >= 0.3 is 7.60 Å².